The molecule has 0 aromatic rings. The minimum atomic E-state index is -3.82. The van der Waals surface area contributed by atoms with Crippen molar-refractivity contribution in [2.24, 2.45) is 0 Å². The number of rotatable bonds is 5. The van der Waals surface area contributed by atoms with Gasteiger partial charge in [-0.05, 0) is 25.4 Å². The Balaban J connectivity index is 3.29. The van der Waals surface area contributed by atoms with Crippen molar-refractivity contribution in [2.75, 3.05) is 6.16 Å². The Morgan fingerprint density at radius 1 is 1.36 bits per heavy atom. The fraction of sp³-hybridized carbons (Fsp3) is 1.00. The standard InChI is InChI=1S/C5H13O4PSi/c1-11(9)5-3-2-4-10(6,7)8/h2-5H2,1H3,(H2,6,7,8). The highest BCUT2D eigenvalue weighted by Crippen LogP contribution is 2.35. The molecule has 0 fully saturated rings. The number of unbranched alkanes of at least 4 members (excludes halogenated alkanes) is 1. The van der Waals surface area contributed by atoms with Crippen molar-refractivity contribution >= 4 is 16.3 Å². The van der Waals surface area contributed by atoms with E-state index >= 15 is 0 Å². The van der Waals surface area contributed by atoms with Gasteiger partial charge in [-0.1, -0.05) is 0 Å². The van der Waals surface area contributed by atoms with Gasteiger partial charge in [0, 0.05) is 6.16 Å². The van der Waals surface area contributed by atoms with Gasteiger partial charge in [-0.15, -0.1) is 0 Å². The van der Waals surface area contributed by atoms with Gasteiger partial charge in [-0.2, -0.15) is 0 Å². The van der Waals surface area contributed by atoms with E-state index in [0.29, 0.717) is 18.9 Å². The molecule has 0 aliphatic heterocycles. The van der Waals surface area contributed by atoms with E-state index < -0.39 is 16.3 Å². The quantitative estimate of drug-likeness (QED) is 0.390. The summed E-state index contributed by atoms with van der Waals surface area (Å²) < 4.78 is 20.9. The first-order valence-corrected chi connectivity index (χ1v) is 7.37. The summed E-state index contributed by atoms with van der Waals surface area (Å²) in [6.45, 7) is 1.65. The fourth-order valence-corrected chi connectivity index (χ4v) is 2.08. The van der Waals surface area contributed by atoms with Crippen LogP contribution in [-0.4, -0.2) is 24.6 Å². The molecule has 0 aliphatic rings. The molecule has 0 bridgehead atoms. The molecule has 4 nitrogen and oxygen atoms in total. The minimum absolute atomic E-state index is 0.0812. The molecule has 0 radical (unpaired) electrons. The summed E-state index contributed by atoms with van der Waals surface area (Å²) in [6, 6.07) is 0.602. The molecule has 0 saturated carbocycles. The lowest BCUT2D eigenvalue weighted by Crippen LogP contribution is -1.93. The van der Waals surface area contributed by atoms with Crippen LogP contribution in [0, 0.1) is 0 Å². The van der Waals surface area contributed by atoms with Crippen LogP contribution < -0.4 is 0 Å². The molecule has 0 heterocycles. The summed E-state index contributed by atoms with van der Waals surface area (Å²) in [7, 11) is -5.27. The Kier molecular flexibility index (Phi) is 5.00. The maximum Gasteiger partial charge on any atom is 0.325 e. The van der Waals surface area contributed by atoms with Gasteiger partial charge in [0.15, 0.2) is 0 Å². The molecular weight excluding hydrogens is 183 g/mol. The van der Waals surface area contributed by atoms with E-state index in [1.165, 1.54) is 0 Å². The molecule has 0 atom stereocenters. The van der Waals surface area contributed by atoms with Crippen molar-refractivity contribution < 1.29 is 18.8 Å². The molecule has 0 aromatic heterocycles. The van der Waals surface area contributed by atoms with Gasteiger partial charge in [0.05, 0.1) is 0 Å². The second kappa shape index (κ2) is 4.93. The van der Waals surface area contributed by atoms with Crippen molar-refractivity contribution in [1.82, 2.24) is 0 Å². The molecule has 0 rings (SSSR count). The number of hydrogen-bond acceptors (Lipinski definition) is 2. The molecule has 6 heteroatoms. The van der Waals surface area contributed by atoms with E-state index in [1.807, 2.05) is 0 Å². The monoisotopic (exact) mass is 196 g/mol. The summed E-state index contributed by atoms with van der Waals surface area (Å²) in [6.07, 6.45) is 1.04. The van der Waals surface area contributed by atoms with Crippen LogP contribution in [0.5, 0.6) is 0 Å². The SMILES string of the molecule is C[Si](=O)CCCCP(=O)(O)O. The highest BCUT2D eigenvalue weighted by molar-refractivity contribution is 7.51. The first kappa shape index (κ1) is 11.2. The van der Waals surface area contributed by atoms with Crippen LogP contribution in [0.4, 0.5) is 0 Å². The van der Waals surface area contributed by atoms with Gasteiger partial charge in [0.2, 0.25) is 0 Å². The highest BCUT2D eigenvalue weighted by Gasteiger charge is 2.11. The normalized spacial score (nSPS) is 11.5. The van der Waals surface area contributed by atoms with Crippen molar-refractivity contribution in [3.05, 3.63) is 0 Å². The van der Waals surface area contributed by atoms with E-state index in [-0.39, 0.29) is 6.16 Å². The summed E-state index contributed by atoms with van der Waals surface area (Å²) in [5.74, 6) is 0. The summed E-state index contributed by atoms with van der Waals surface area (Å²) in [5.41, 5.74) is 0. The van der Waals surface area contributed by atoms with Gasteiger partial charge in [0.25, 0.3) is 8.68 Å². The lowest BCUT2D eigenvalue weighted by atomic mass is 10.4. The largest absolute Gasteiger partial charge is 0.389 e. The lowest BCUT2D eigenvalue weighted by molar-refractivity contribution is 0.371. The zero-order chi connectivity index (χ0) is 8.91. The van der Waals surface area contributed by atoms with Crippen molar-refractivity contribution in [2.45, 2.75) is 25.4 Å². The highest BCUT2D eigenvalue weighted by atomic mass is 31.2. The third-order valence-electron chi connectivity index (χ3n) is 1.23. The van der Waals surface area contributed by atoms with Gasteiger partial charge in [-0.3, -0.25) is 4.57 Å². The van der Waals surface area contributed by atoms with Crippen molar-refractivity contribution in [3.8, 4) is 0 Å². The Morgan fingerprint density at radius 3 is 2.27 bits per heavy atom. The maximum atomic E-state index is 10.6. The summed E-state index contributed by atoms with van der Waals surface area (Å²) in [5, 5.41) is 0. The molecule has 0 aromatic carbocycles. The minimum Gasteiger partial charge on any atom is -0.389 e. The van der Waals surface area contributed by atoms with Crippen LogP contribution in [0.3, 0.4) is 0 Å². The average molecular weight is 196 g/mol. The van der Waals surface area contributed by atoms with Crippen LogP contribution >= 0.6 is 7.60 Å². The van der Waals surface area contributed by atoms with Crippen molar-refractivity contribution in [3.63, 3.8) is 0 Å². The molecular formula is C5H13O4PSi. The second-order valence-electron chi connectivity index (χ2n) is 2.55. The molecule has 0 unspecified atom stereocenters. The Bertz CT molecular complexity index is 175. The number of hydrogen-bond donors (Lipinski definition) is 2. The van der Waals surface area contributed by atoms with Crippen LogP contribution in [0.1, 0.15) is 12.8 Å². The average Bonchev–Trinajstić information content (AvgIpc) is 1.78. The van der Waals surface area contributed by atoms with E-state index in [1.54, 1.807) is 6.55 Å². The van der Waals surface area contributed by atoms with E-state index in [9.17, 15) is 9.03 Å². The van der Waals surface area contributed by atoms with E-state index in [4.69, 9.17) is 9.79 Å². The molecule has 0 amide bonds. The zero-order valence-electron chi connectivity index (χ0n) is 6.49. The van der Waals surface area contributed by atoms with Crippen LogP contribution in [-0.2, 0) is 9.03 Å². The predicted octanol–water partition coefficient (Wildman–Crippen LogP) is 0.996. The molecule has 2 N–H and O–H groups in total. The zero-order valence-corrected chi connectivity index (χ0v) is 8.38. The third kappa shape index (κ3) is 10.2. The fourth-order valence-electron chi connectivity index (χ4n) is 0.692. The van der Waals surface area contributed by atoms with Gasteiger partial charge in [-0.25, -0.2) is 0 Å². The lowest BCUT2D eigenvalue weighted by Gasteiger charge is -2.00. The Hall–Kier alpha value is 0.167. The van der Waals surface area contributed by atoms with Crippen LogP contribution in [0.25, 0.3) is 0 Å². The topological polar surface area (TPSA) is 74.6 Å². The smallest absolute Gasteiger partial charge is 0.325 e. The maximum absolute atomic E-state index is 10.6. The first-order chi connectivity index (χ1) is 4.92. The summed E-state index contributed by atoms with van der Waals surface area (Å²) >= 11 is 0. The third-order valence-corrected chi connectivity index (χ3v) is 3.18. The molecule has 0 spiro atoms. The van der Waals surface area contributed by atoms with Crippen LogP contribution in [0.15, 0.2) is 0 Å². The Labute approximate surface area is 67.5 Å². The van der Waals surface area contributed by atoms with Crippen molar-refractivity contribution in [1.29, 1.82) is 0 Å². The molecule has 0 aliphatic carbocycles. The second-order valence-corrected chi connectivity index (χ2v) is 6.23. The molecule has 0 saturated heterocycles. The van der Waals surface area contributed by atoms with Crippen LogP contribution in [0.2, 0.25) is 12.6 Å². The van der Waals surface area contributed by atoms with E-state index in [2.05, 4.69) is 0 Å². The van der Waals surface area contributed by atoms with Gasteiger partial charge >= 0.3 is 7.60 Å². The molecule has 11 heavy (non-hydrogen) atoms. The predicted molar refractivity (Wildman–Crippen MR) is 43.3 cm³/mol. The van der Waals surface area contributed by atoms with E-state index in [0.717, 1.165) is 0 Å². The van der Waals surface area contributed by atoms with Gasteiger partial charge < -0.3 is 14.2 Å². The Morgan fingerprint density at radius 2 is 1.91 bits per heavy atom. The first-order valence-electron chi connectivity index (χ1n) is 3.46. The molecule has 66 valence electrons. The van der Waals surface area contributed by atoms with Gasteiger partial charge in [0.1, 0.15) is 0 Å². The summed E-state index contributed by atoms with van der Waals surface area (Å²) in [4.78, 5) is 16.8.